The van der Waals surface area contributed by atoms with Crippen LogP contribution in [0.15, 0.2) is 48.5 Å². The molecule has 0 unspecified atom stereocenters. The highest BCUT2D eigenvalue weighted by molar-refractivity contribution is 14.1. The molecule has 5 heteroatoms. The first-order chi connectivity index (χ1) is 9.97. The molecule has 4 nitrogen and oxygen atoms in total. The molecule has 2 aromatic carbocycles. The number of amides is 2. The summed E-state index contributed by atoms with van der Waals surface area (Å²) >= 11 is 2.19. The van der Waals surface area contributed by atoms with E-state index in [4.69, 9.17) is 0 Å². The van der Waals surface area contributed by atoms with Gasteiger partial charge in [0.2, 0.25) is 0 Å². The van der Waals surface area contributed by atoms with E-state index >= 15 is 0 Å². The Bertz CT molecular complexity index is 666. The maximum absolute atomic E-state index is 12.1. The van der Waals surface area contributed by atoms with Gasteiger partial charge < -0.3 is 10.2 Å². The van der Waals surface area contributed by atoms with Gasteiger partial charge in [-0.25, -0.2) is 0 Å². The van der Waals surface area contributed by atoms with Crippen LogP contribution >= 0.6 is 22.6 Å². The molecule has 2 amide bonds. The molecule has 2 rings (SSSR count). The van der Waals surface area contributed by atoms with Crippen molar-refractivity contribution in [2.24, 2.45) is 0 Å². The lowest BCUT2D eigenvalue weighted by Crippen LogP contribution is -2.21. The summed E-state index contributed by atoms with van der Waals surface area (Å²) in [6, 6.07) is 14.2. The first-order valence-electron chi connectivity index (χ1n) is 6.36. The maximum atomic E-state index is 12.1. The summed E-state index contributed by atoms with van der Waals surface area (Å²) in [5, 5.41) is 2.80. The molecule has 21 heavy (non-hydrogen) atoms. The summed E-state index contributed by atoms with van der Waals surface area (Å²) in [5.74, 6) is -0.291. The lowest BCUT2D eigenvalue weighted by atomic mass is 10.1. The Kier molecular flexibility index (Phi) is 4.95. The number of hydrogen-bond acceptors (Lipinski definition) is 2. The predicted molar refractivity (Wildman–Crippen MR) is 91.6 cm³/mol. The van der Waals surface area contributed by atoms with Gasteiger partial charge in [0.05, 0.1) is 0 Å². The average molecular weight is 394 g/mol. The lowest BCUT2D eigenvalue weighted by molar-refractivity contribution is 0.0827. The highest BCUT2D eigenvalue weighted by Gasteiger charge is 2.10. The van der Waals surface area contributed by atoms with Crippen LogP contribution in [0.5, 0.6) is 0 Å². The lowest BCUT2D eigenvalue weighted by Gasteiger charge is -2.11. The molecule has 1 N–H and O–H groups in total. The van der Waals surface area contributed by atoms with Gasteiger partial charge in [-0.05, 0) is 65.1 Å². The highest BCUT2D eigenvalue weighted by Crippen LogP contribution is 2.14. The number of halogens is 1. The Morgan fingerprint density at radius 2 is 1.67 bits per heavy atom. The van der Waals surface area contributed by atoms with Crippen LogP contribution in [-0.2, 0) is 0 Å². The van der Waals surface area contributed by atoms with Crippen LogP contribution in [0.2, 0.25) is 0 Å². The quantitative estimate of drug-likeness (QED) is 0.813. The second-order valence-corrected chi connectivity index (χ2v) is 5.99. The van der Waals surface area contributed by atoms with Gasteiger partial charge in [0, 0.05) is 34.5 Å². The molecule has 0 aromatic heterocycles. The molecule has 2 aromatic rings. The van der Waals surface area contributed by atoms with E-state index in [9.17, 15) is 9.59 Å². The number of hydrogen-bond donors (Lipinski definition) is 1. The molecule has 0 heterocycles. The molecular weight excluding hydrogens is 379 g/mol. The topological polar surface area (TPSA) is 49.4 Å². The summed E-state index contributed by atoms with van der Waals surface area (Å²) < 4.78 is 1.07. The second kappa shape index (κ2) is 6.71. The van der Waals surface area contributed by atoms with Crippen molar-refractivity contribution in [1.29, 1.82) is 0 Å². The molecule has 0 aliphatic rings. The zero-order valence-corrected chi connectivity index (χ0v) is 13.9. The summed E-state index contributed by atoms with van der Waals surface area (Å²) in [6.45, 7) is 0. The van der Waals surface area contributed by atoms with Crippen LogP contribution in [0.1, 0.15) is 20.7 Å². The van der Waals surface area contributed by atoms with Crippen LogP contribution < -0.4 is 5.32 Å². The van der Waals surface area contributed by atoms with Crippen LogP contribution in [0.4, 0.5) is 5.69 Å². The Balaban J connectivity index is 2.16. The van der Waals surface area contributed by atoms with Crippen molar-refractivity contribution in [3.63, 3.8) is 0 Å². The van der Waals surface area contributed by atoms with E-state index in [0.717, 1.165) is 3.57 Å². The third-order valence-corrected chi connectivity index (χ3v) is 3.60. The van der Waals surface area contributed by atoms with Crippen LogP contribution in [-0.4, -0.2) is 30.8 Å². The van der Waals surface area contributed by atoms with Crippen molar-refractivity contribution in [2.45, 2.75) is 0 Å². The molecule has 0 radical (unpaired) electrons. The second-order valence-electron chi connectivity index (χ2n) is 4.74. The summed E-state index contributed by atoms with van der Waals surface area (Å²) in [5.41, 5.74) is 1.73. The van der Waals surface area contributed by atoms with E-state index in [1.807, 2.05) is 12.1 Å². The maximum Gasteiger partial charge on any atom is 0.255 e. The molecule has 0 spiro atoms. The molecule has 108 valence electrons. The zero-order chi connectivity index (χ0) is 15.4. The third-order valence-electron chi connectivity index (χ3n) is 2.88. The van der Waals surface area contributed by atoms with Crippen molar-refractivity contribution in [3.8, 4) is 0 Å². The van der Waals surface area contributed by atoms with Gasteiger partial charge in [0.1, 0.15) is 0 Å². The molecule has 0 saturated heterocycles. The van der Waals surface area contributed by atoms with Crippen molar-refractivity contribution in [3.05, 3.63) is 63.2 Å². The number of carbonyl (C=O) groups is 2. The number of benzene rings is 2. The van der Waals surface area contributed by atoms with E-state index in [0.29, 0.717) is 16.8 Å². The SMILES string of the molecule is CN(C)C(=O)c1cccc(NC(=O)c2ccc(I)cc2)c1. The van der Waals surface area contributed by atoms with Crippen LogP contribution in [0.3, 0.4) is 0 Å². The molecule has 0 fully saturated rings. The van der Waals surface area contributed by atoms with E-state index in [1.165, 1.54) is 4.90 Å². The standard InChI is InChI=1S/C16H15IN2O2/c1-19(2)16(21)12-4-3-5-14(10-12)18-15(20)11-6-8-13(17)9-7-11/h3-10H,1-2H3,(H,18,20). The average Bonchev–Trinajstić information content (AvgIpc) is 2.47. The predicted octanol–water partition coefficient (Wildman–Crippen LogP) is 3.25. The zero-order valence-electron chi connectivity index (χ0n) is 11.8. The smallest absolute Gasteiger partial charge is 0.255 e. The number of nitrogens with zero attached hydrogens (tertiary/aromatic N) is 1. The van der Waals surface area contributed by atoms with E-state index in [-0.39, 0.29) is 11.8 Å². The normalized spacial score (nSPS) is 10.0. The fraction of sp³-hybridized carbons (Fsp3) is 0.125. The Morgan fingerprint density at radius 1 is 1.00 bits per heavy atom. The first kappa shape index (κ1) is 15.5. The van der Waals surface area contributed by atoms with E-state index < -0.39 is 0 Å². The van der Waals surface area contributed by atoms with E-state index in [2.05, 4.69) is 27.9 Å². The summed E-state index contributed by atoms with van der Waals surface area (Å²) in [6.07, 6.45) is 0. The monoisotopic (exact) mass is 394 g/mol. The highest BCUT2D eigenvalue weighted by atomic mass is 127. The number of carbonyl (C=O) groups excluding carboxylic acids is 2. The fourth-order valence-electron chi connectivity index (χ4n) is 1.79. The molecule has 0 saturated carbocycles. The van der Waals surface area contributed by atoms with Gasteiger partial charge in [-0.2, -0.15) is 0 Å². The number of anilines is 1. The van der Waals surface area contributed by atoms with Crippen LogP contribution in [0, 0.1) is 3.57 Å². The molecule has 0 bridgehead atoms. The largest absolute Gasteiger partial charge is 0.345 e. The van der Waals surface area contributed by atoms with Gasteiger partial charge in [0.15, 0.2) is 0 Å². The van der Waals surface area contributed by atoms with Gasteiger partial charge in [-0.3, -0.25) is 9.59 Å². The van der Waals surface area contributed by atoms with Crippen LogP contribution in [0.25, 0.3) is 0 Å². The minimum atomic E-state index is -0.194. The fourth-order valence-corrected chi connectivity index (χ4v) is 2.15. The van der Waals surface area contributed by atoms with Gasteiger partial charge in [-0.1, -0.05) is 6.07 Å². The summed E-state index contributed by atoms with van der Waals surface area (Å²) in [4.78, 5) is 25.5. The first-order valence-corrected chi connectivity index (χ1v) is 7.44. The Morgan fingerprint density at radius 3 is 2.29 bits per heavy atom. The van der Waals surface area contributed by atoms with Crippen molar-refractivity contribution >= 4 is 40.1 Å². The third kappa shape index (κ3) is 4.04. The molecule has 0 atom stereocenters. The molecule has 0 aliphatic heterocycles. The van der Waals surface area contributed by atoms with Crippen molar-refractivity contribution in [1.82, 2.24) is 4.90 Å². The molecule has 0 aliphatic carbocycles. The number of nitrogens with one attached hydrogen (secondary N) is 1. The molecular formula is C16H15IN2O2. The summed E-state index contributed by atoms with van der Waals surface area (Å²) in [7, 11) is 3.39. The Labute approximate surface area is 137 Å². The van der Waals surface area contributed by atoms with Gasteiger partial charge in [0.25, 0.3) is 11.8 Å². The van der Waals surface area contributed by atoms with E-state index in [1.54, 1.807) is 50.5 Å². The number of rotatable bonds is 3. The van der Waals surface area contributed by atoms with Gasteiger partial charge >= 0.3 is 0 Å². The van der Waals surface area contributed by atoms with Crippen molar-refractivity contribution in [2.75, 3.05) is 19.4 Å². The van der Waals surface area contributed by atoms with Gasteiger partial charge in [-0.15, -0.1) is 0 Å². The van der Waals surface area contributed by atoms with Crippen molar-refractivity contribution < 1.29 is 9.59 Å². The Hall–Kier alpha value is -1.89. The minimum Gasteiger partial charge on any atom is -0.345 e. The minimum absolute atomic E-state index is 0.0969.